The molecular weight excluding hydrogens is 369 g/mol. The second-order valence-corrected chi connectivity index (χ2v) is 5.79. The van der Waals surface area contributed by atoms with Gasteiger partial charge in [0.05, 0.1) is 6.04 Å². The minimum atomic E-state index is -0.194. The lowest BCUT2D eigenvalue weighted by Crippen LogP contribution is -2.12. The summed E-state index contributed by atoms with van der Waals surface area (Å²) in [6.45, 7) is 0. The van der Waals surface area contributed by atoms with Gasteiger partial charge in [0.25, 0.3) is 0 Å². The Kier molecular flexibility index (Phi) is 4.31. The van der Waals surface area contributed by atoms with Crippen LogP contribution in [0.1, 0.15) is 17.4 Å². The fourth-order valence-corrected chi connectivity index (χ4v) is 2.62. The summed E-state index contributed by atoms with van der Waals surface area (Å²) < 4.78 is 7.06. The number of benzene rings is 1. The van der Waals surface area contributed by atoms with Gasteiger partial charge in [0.1, 0.15) is 5.76 Å². The first-order valence-electron chi connectivity index (χ1n) is 5.01. The lowest BCUT2D eigenvalue weighted by Gasteiger charge is -2.10. The van der Waals surface area contributed by atoms with E-state index in [1.807, 2.05) is 30.3 Å². The first-order valence-corrected chi connectivity index (χ1v) is 6.97. The first-order chi connectivity index (χ1) is 8.06. The van der Waals surface area contributed by atoms with E-state index in [0.29, 0.717) is 16.1 Å². The Hall–Kier alpha value is -0.290. The zero-order chi connectivity index (χ0) is 12.4. The van der Waals surface area contributed by atoms with Gasteiger partial charge < -0.3 is 10.2 Å². The molecule has 1 unspecified atom stereocenters. The largest absolute Gasteiger partial charge is 0.453 e. The lowest BCUT2D eigenvalue weighted by atomic mass is 10.0. The van der Waals surface area contributed by atoms with Crippen LogP contribution in [0.25, 0.3) is 0 Å². The molecule has 1 atom stereocenters. The van der Waals surface area contributed by atoms with Gasteiger partial charge in [-0.05, 0) is 52.2 Å². The molecule has 2 rings (SSSR count). The summed E-state index contributed by atoms with van der Waals surface area (Å²) in [6.07, 6.45) is 0.645. The molecule has 0 radical (unpaired) electrons. The van der Waals surface area contributed by atoms with Gasteiger partial charge in [0, 0.05) is 9.50 Å². The zero-order valence-electron chi connectivity index (χ0n) is 8.79. The van der Waals surface area contributed by atoms with E-state index in [1.165, 1.54) is 0 Å². The molecule has 2 nitrogen and oxygen atoms in total. The van der Waals surface area contributed by atoms with Crippen LogP contribution in [0.15, 0.2) is 43.9 Å². The highest BCUT2D eigenvalue weighted by Gasteiger charge is 2.13. The molecule has 1 aromatic carbocycles. The molecule has 2 aromatic rings. The van der Waals surface area contributed by atoms with Crippen molar-refractivity contribution in [2.75, 3.05) is 0 Å². The Balaban J connectivity index is 2.15. The summed E-state index contributed by atoms with van der Waals surface area (Å²) in [5.74, 6) is 0.746. The molecule has 1 heterocycles. The van der Waals surface area contributed by atoms with Gasteiger partial charge in [0.2, 0.25) is 0 Å². The van der Waals surface area contributed by atoms with Crippen molar-refractivity contribution in [1.29, 1.82) is 0 Å². The van der Waals surface area contributed by atoms with Gasteiger partial charge >= 0.3 is 0 Å². The minimum Gasteiger partial charge on any atom is -0.453 e. The third kappa shape index (κ3) is 3.35. The topological polar surface area (TPSA) is 39.2 Å². The number of hydrogen-bond donors (Lipinski definition) is 1. The molecule has 2 N–H and O–H groups in total. The van der Waals surface area contributed by atoms with Gasteiger partial charge in [-0.3, -0.25) is 0 Å². The van der Waals surface area contributed by atoms with Crippen LogP contribution in [-0.2, 0) is 6.42 Å². The molecule has 0 spiro atoms. The van der Waals surface area contributed by atoms with Crippen LogP contribution in [0.3, 0.4) is 0 Å². The molecule has 0 amide bonds. The predicted octanol–water partition coefficient (Wildman–Crippen LogP) is 4.70. The van der Waals surface area contributed by atoms with E-state index in [4.69, 9.17) is 21.8 Å². The molecule has 17 heavy (non-hydrogen) atoms. The summed E-state index contributed by atoms with van der Waals surface area (Å²) in [5.41, 5.74) is 7.07. The molecule has 0 bridgehead atoms. The highest BCUT2D eigenvalue weighted by atomic mass is 79.9. The van der Waals surface area contributed by atoms with Crippen molar-refractivity contribution in [3.63, 3.8) is 0 Å². The molecule has 0 aliphatic carbocycles. The van der Waals surface area contributed by atoms with Crippen molar-refractivity contribution in [3.8, 4) is 0 Å². The van der Waals surface area contributed by atoms with E-state index in [9.17, 15) is 0 Å². The standard InChI is InChI=1S/C12H10Br2ClNO/c13-8-2-1-7(9(15)6-8)5-10(16)11-3-4-12(14)17-11/h1-4,6,10H,5,16H2. The molecule has 0 saturated carbocycles. The van der Waals surface area contributed by atoms with Crippen LogP contribution in [0, 0.1) is 0 Å². The Labute approximate surface area is 121 Å². The van der Waals surface area contributed by atoms with E-state index in [0.717, 1.165) is 15.8 Å². The van der Waals surface area contributed by atoms with Crippen molar-refractivity contribution in [2.24, 2.45) is 5.73 Å². The fraction of sp³-hybridized carbons (Fsp3) is 0.167. The van der Waals surface area contributed by atoms with E-state index < -0.39 is 0 Å². The van der Waals surface area contributed by atoms with Crippen LogP contribution in [0.4, 0.5) is 0 Å². The maximum absolute atomic E-state index is 6.14. The number of hydrogen-bond acceptors (Lipinski definition) is 2. The van der Waals surface area contributed by atoms with E-state index in [2.05, 4.69) is 31.9 Å². The maximum Gasteiger partial charge on any atom is 0.169 e. The summed E-state index contributed by atoms with van der Waals surface area (Å²) >= 11 is 12.8. The SMILES string of the molecule is NC(Cc1ccc(Br)cc1Cl)c1ccc(Br)o1. The van der Waals surface area contributed by atoms with Crippen molar-refractivity contribution >= 4 is 43.5 Å². The Morgan fingerprint density at radius 1 is 1.24 bits per heavy atom. The highest BCUT2D eigenvalue weighted by molar-refractivity contribution is 9.10. The molecule has 1 aromatic heterocycles. The Bertz CT molecular complexity index is 527. The minimum absolute atomic E-state index is 0.194. The van der Waals surface area contributed by atoms with Crippen LogP contribution in [0.5, 0.6) is 0 Å². The second kappa shape index (κ2) is 5.57. The van der Waals surface area contributed by atoms with Gasteiger partial charge in [-0.2, -0.15) is 0 Å². The molecule has 0 saturated heterocycles. The summed E-state index contributed by atoms with van der Waals surface area (Å²) in [5, 5.41) is 0.709. The average Bonchev–Trinajstić information content (AvgIpc) is 2.69. The molecule has 0 aliphatic rings. The van der Waals surface area contributed by atoms with Gasteiger partial charge in [-0.1, -0.05) is 33.6 Å². The molecular formula is C12H10Br2ClNO. The molecule has 5 heteroatoms. The normalized spacial score (nSPS) is 12.7. The third-order valence-electron chi connectivity index (χ3n) is 2.41. The predicted molar refractivity (Wildman–Crippen MR) is 76.2 cm³/mol. The van der Waals surface area contributed by atoms with Crippen molar-refractivity contribution < 1.29 is 4.42 Å². The quantitative estimate of drug-likeness (QED) is 0.840. The van der Waals surface area contributed by atoms with E-state index in [-0.39, 0.29) is 6.04 Å². The van der Waals surface area contributed by atoms with E-state index >= 15 is 0 Å². The Morgan fingerprint density at radius 2 is 2.00 bits per heavy atom. The average molecular weight is 379 g/mol. The summed E-state index contributed by atoms with van der Waals surface area (Å²) in [6, 6.07) is 9.28. The highest BCUT2D eigenvalue weighted by Crippen LogP contribution is 2.27. The number of furan rings is 1. The van der Waals surface area contributed by atoms with Gasteiger partial charge in [-0.15, -0.1) is 0 Å². The van der Waals surface area contributed by atoms with Crippen molar-refractivity contribution in [2.45, 2.75) is 12.5 Å². The fourth-order valence-electron chi connectivity index (χ4n) is 1.55. The van der Waals surface area contributed by atoms with Crippen molar-refractivity contribution in [3.05, 3.63) is 55.8 Å². The molecule has 0 aliphatic heterocycles. The maximum atomic E-state index is 6.14. The number of halogens is 3. The first kappa shape index (κ1) is 13.1. The Morgan fingerprint density at radius 3 is 2.59 bits per heavy atom. The summed E-state index contributed by atoms with van der Waals surface area (Å²) in [7, 11) is 0. The lowest BCUT2D eigenvalue weighted by molar-refractivity contribution is 0.448. The number of rotatable bonds is 3. The second-order valence-electron chi connectivity index (χ2n) is 3.69. The van der Waals surface area contributed by atoms with Crippen molar-refractivity contribution in [1.82, 2.24) is 0 Å². The van der Waals surface area contributed by atoms with Crippen LogP contribution in [-0.4, -0.2) is 0 Å². The third-order valence-corrected chi connectivity index (χ3v) is 3.69. The number of nitrogens with two attached hydrogens (primary N) is 1. The van der Waals surface area contributed by atoms with Crippen LogP contribution in [0.2, 0.25) is 5.02 Å². The zero-order valence-corrected chi connectivity index (χ0v) is 12.7. The van der Waals surface area contributed by atoms with Gasteiger partial charge in [-0.25, -0.2) is 0 Å². The molecule has 90 valence electrons. The monoisotopic (exact) mass is 377 g/mol. The van der Waals surface area contributed by atoms with Gasteiger partial charge in [0.15, 0.2) is 4.67 Å². The van der Waals surface area contributed by atoms with Crippen LogP contribution >= 0.6 is 43.5 Å². The van der Waals surface area contributed by atoms with Crippen LogP contribution < -0.4 is 5.73 Å². The van der Waals surface area contributed by atoms with E-state index in [1.54, 1.807) is 0 Å². The smallest absolute Gasteiger partial charge is 0.169 e. The molecule has 0 fully saturated rings. The summed E-state index contributed by atoms with van der Waals surface area (Å²) in [4.78, 5) is 0.